The minimum absolute atomic E-state index is 0.262. The molecule has 0 aliphatic heterocycles. The first kappa shape index (κ1) is 14.7. The molecule has 0 fully saturated rings. The van der Waals surface area contributed by atoms with E-state index in [-0.39, 0.29) is 4.88 Å². The minimum atomic E-state index is -0.966. The van der Waals surface area contributed by atoms with Crippen molar-refractivity contribution >= 4 is 33.3 Å². The van der Waals surface area contributed by atoms with Crippen molar-refractivity contribution in [2.45, 2.75) is 39.3 Å². The lowest BCUT2D eigenvalue weighted by Crippen LogP contribution is -2.42. The normalized spacial score (nSPS) is 13.4. The number of hydrogen-bond donors (Lipinski definition) is 3. The summed E-state index contributed by atoms with van der Waals surface area (Å²) in [5.74, 6) is -0.423. The minimum Gasteiger partial charge on any atom is -0.477 e. The first-order valence-electron chi connectivity index (χ1n) is 6.17. The Hall–Kier alpha value is -1.73. The lowest BCUT2D eigenvalue weighted by Gasteiger charge is -2.30. The number of aromatic nitrogens is 2. The lowest BCUT2D eigenvalue weighted by atomic mass is 9.98. The molecule has 0 amide bonds. The van der Waals surface area contributed by atoms with Gasteiger partial charge in [0, 0.05) is 0 Å². The SMILES string of the molecule is Cc1c(C(=O)O)sc2ncnc(NC(C)(C)C(C)O)c12. The summed E-state index contributed by atoms with van der Waals surface area (Å²) in [4.78, 5) is 20.4. The van der Waals surface area contributed by atoms with Gasteiger partial charge in [-0.15, -0.1) is 11.3 Å². The maximum Gasteiger partial charge on any atom is 0.346 e. The smallest absolute Gasteiger partial charge is 0.346 e. The van der Waals surface area contributed by atoms with Crippen molar-refractivity contribution in [3.8, 4) is 0 Å². The molecule has 0 aliphatic rings. The molecule has 1 unspecified atom stereocenters. The van der Waals surface area contributed by atoms with Gasteiger partial charge >= 0.3 is 5.97 Å². The fourth-order valence-corrected chi connectivity index (χ4v) is 2.77. The van der Waals surface area contributed by atoms with Gasteiger partial charge in [0.2, 0.25) is 0 Å². The van der Waals surface area contributed by atoms with Crippen LogP contribution >= 0.6 is 11.3 Å². The summed E-state index contributed by atoms with van der Waals surface area (Å²) in [5, 5.41) is 22.8. The Bertz CT molecular complexity index is 664. The third kappa shape index (κ3) is 2.46. The number of aliphatic hydroxyl groups is 1. The van der Waals surface area contributed by atoms with Crippen LogP contribution < -0.4 is 5.32 Å². The van der Waals surface area contributed by atoms with Crippen LogP contribution in [0.25, 0.3) is 10.2 Å². The van der Waals surface area contributed by atoms with Gasteiger partial charge in [-0.25, -0.2) is 14.8 Å². The molecule has 108 valence electrons. The van der Waals surface area contributed by atoms with Crippen LogP contribution in [0.2, 0.25) is 0 Å². The average Bonchev–Trinajstić information content (AvgIpc) is 2.67. The van der Waals surface area contributed by atoms with Gasteiger partial charge in [-0.05, 0) is 33.3 Å². The van der Waals surface area contributed by atoms with E-state index in [4.69, 9.17) is 0 Å². The Labute approximate surface area is 120 Å². The molecule has 2 aromatic rings. The van der Waals surface area contributed by atoms with Crippen LogP contribution in [0, 0.1) is 6.92 Å². The quantitative estimate of drug-likeness (QED) is 0.801. The molecule has 2 heterocycles. The molecule has 0 radical (unpaired) electrons. The summed E-state index contributed by atoms with van der Waals surface area (Å²) in [6, 6.07) is 0. The van der Waals surface area contributed by atoms with E-state index in [9.17, 15) is 15.0 Å². The van der Waals surface area contributed by atoms with Crippen molar-refractivity contribution in [3.05, 3.63) is 16.8 Å². The Morgan fingerprint density at radius 2 is 2.10 bits per heavy atom. The number of carboxylic acids is 1. The third-order valence-electron chi connectivity index (χ3n) is 3.41. The molecular weight excluding hydrogens is 278 g/mol. The van der Waals surface area contributed by atoms with Crippen molar-refractivity contribution < 1.29 is 15.0 Å². The molecule has 7 heteroatoms. The molecule has 20 heavy (non-hydrogen) atoms. The number of hydrogen-bond acceptors (Lipinski definition) is 6. The number of rotatable bonds is 4. The first-order valence-corrected chi connectivity index (χ1v) is 6.99. The van der Waals surface area contributed by atoms with E-state index in [0.717, 1.165) is 11.3 Å². The number of anilines is 1. The van der Waals surface area contributed by atoms with Crippen LogP contribution in [0.15, 0.2) is 6.33 Å². The predicted octanol–water partition coefficient (Wildman–Crippen LogP) is 2.27. The van der Waals surface area contributed by atoms with Crippen LogP contribution in [0.4, 0.5) is 5.82 Å². The van der Waals surface area contributed by atoms with Crippen molar-refractivity contribution in [1.29, 1.82) is 0 Å². The Kier molecular flexibility index (Phi) is 3.66. The molecule has 3 N–H and O–H groups in total. The van der Waals surface area contributed by atoms with Crippen LogP contribution in [-0.4, -0.2) is 37.8 Å². The highest BCUT2D eigenvalue weighted by Crippen LogP contribution is 2.34. The van der Waals surface area contributed by atoms with E-state index in [2.05, 4.69) is 15.3 Å². The molecule has 0 spiro atoms. The first-order chi connectivity index (χ1) is 9.24. The summed E-state index contributed by atoms with van der Waals surface area (Å²) in [6.45, 7) is 7.14. The standard InChI is InChI=1S/C13H17N3O3S/c1-6-8-10(16-13(3,4)7(2)17)14-5-15-11(8)20-9(6)12(18)19/h5,7,17H,1-4H3,(H,18,19)(H,14,15,16). The Balaban J connectivity index is 2.58. The van der Waals surface area contributed by atoms with E-state index in [0.29, 0.717) is 21.6 Å². The zero-order valence-electron chi connectivity index (χ0n) is 11.8. The predicted molar refractivity (Wildman–Crippen MR) is 78.5 cm³/mol. The van der Waals surface area contributed by atoms with Crippen molar-refractivity contribution in [2.24, 2.45) is 0 Å². The highest BCUT2D eigenvalue weighted by atomic mass is 32.1. The molecule has 0 bridgehead atoms. The summed E-state index contributed by atoms with van der Waals surface area (Å²) in [7, 11) is 0. The number of carboxylic acid groups (broad SMARTS) is 1. The molecular formula is C13H17N3O3S. The van der Waals surface area contributed by atoms with Crippen LogP contribution in [0.5, 0.6) is 0 Å². The van der Waals surface area contributed by atoms with Gasteiger partial charge in [-0.2, -0.15) is 0 Å². The molecule has 0 aromatic carbocycles. The second kappa shape index (κ2) is 4.99. The Morgan fingerprint density at radius 1 is 1.45 bits per heavy atom. The van der Waals surface area contributed by atoms with Gasteiger partial charge in [0.05, 0.1) is 17.0 Å². The van der Waals surface area contributed by atoms with Gasteiger partial charge in [-0.1, -0.05) is 0 Å². The van der Waals surface area contributed by atoms with Crippen LogP contribution in [0.3, 0.4) is 0 Å². The van der Waals surface area contributed by atoms with Gasteiger partial charge < -0.3 is 15.5 Å². The molecule has 2 rings (SSSR count). The van der Waals surface area contributed by atoms with E-state index >= 15 is 0 Å². The highest BCUT2D eigenvalue weighted by molar-refractivity contribution is 7.20. The highest BCUT2D eigenvalue weighted by Gasteiger charge is 2.26. The maximum atomic E-state index is 11.2. The number of aryl methyl sites for hydroxylation is 1. The third-order valence-corrected chi connectivity index (χ3v) is 4.59. The number of nitrogens with one attached hydrogen (secondary N) is 1. The lowest BCUT2D eigenvalue weighted by molar-refractivity contribution is 0.0701. The monoisotopic (exact) mass is 295 g/mol. The van der Waals surface area contributed by atoms with E-state index < -0.39 is 17.6 Å². The zero-order chi connectivity index (χ0) is 15.1. The van der Waals surface area contributed by atoms with Crippen molar-refractivity contribution in [3.63, 3.8) is 0 Å². The van der Waals surface area contributed by atoms with Gasteiger partial charge in [0.1, 0.15) is 21.9 Å². The fraction of sp³-hybridized carbons (Fsp3) is 0.462. The number of aliphatic hydroxyl groups excluding tert-OH is 1. The van der Waals surface area contributed by atoms with Crippen molar-refractivity contribution in [1.82, 2.24) is 9.97 Å². The Morgan fingerprint density at radius 3 is 2.65 bits per heavy atom. The number of carbonyl (C=O) groups is 1. The topological polar surface area (TPSA) is 95.3 Å². The van der Waals surface area contributed by atoms with Gasteiger partial charge in [0.15, 0.2) is 0 Å². The number of fused-ring (bicyclic) bond motifs is 1. The summed E-state index contributed by atoms with van der Waals surface area (Å²) < 4.78 is 0. The number of nitrogens with zero attached hydrogens (tertiary/aromatic N) is 2. The van der Waals surface area contributed by atoms with Gasteiger partial charge in [0.25, 0.3) is 0 Å². The summed E-state index contributed by atoms with van der Waals surface area (Å²) >= 11 is 1.13. The molecule has 1 atom stereocenters. The number of aromatic carboxylic acids is 1. The second-order valence-electron chi connectivity index (χ2n) is 5.29. The number of thiophene rings is 1. The van der Waals surface area contributed by atoms with E-state index in [1.165, 1.54) is 6.33 Å². The summed E-state index contributed by atoms with van der Waals surface area (Å²) in [5.41, 5.74) is 0.0565. The van der Waals surface area contributed by atoms with Crippen LogP contribution in [-0.2, 0) is 0 Å². The fourth-order valence-electron chi connectivity index (χ4n) is 1.78. The molecule has 0 saturated carbocycles. The second-order valence-corrected chi connectivity index (χ2v) is 6.29. The molecule has 2 aromatic heterocycles. The molecule has 0 saturated heterocycles. The van der Waals surface area contributed by atoms with E-state index in [1.807, 2.05) is 13.8 Å². The average molecular weight is 295 g/mol. The molecule has 6 nitrogen and oxygen atoms in total. The molecule has 0 aliphatic carbocycles. The largest absolute Gasteiger partial charge is 0.477 e. The van der Waals surface area contributed by atoms with Crippen molar-refractivity contribution in [2.75, 3.05) is 5.32 Å². The zero-order valence-corrected chi connectivity index (χ0v) is 12.6. The van der Waals surface area contributed by atoms with Gasteiger partial charge in [-0.3, -0.25) is 0 Å². The van der Waals surface area contributed by atoms with E-state index in [1.54, 1.807) is 13.8 Å². The summed E-state index contributed by atoms with van der Waals surface area (Å²) in [6.07, 6.45) is 0.801. The van der Waals surface area contributed by atoms with Crippen LogP contribution in [0.1, 0.15) is 36.0 Å². The maximum absolute atomic E-state index is 11.2.